The van der Waals surface area contributed by atoms with Crippen molar-refractivity contribution in [1.82, 2.24) is 15.5 Å². The van der Waals surface area contributed by atoms with Gasteiger partial charge in [-0.1, -0.05) is 5.16 Å². The zero-order valence-electron chi connectivity index (χ0n) is 10.7. The van der Waals surface area contributed by atoms with Crippen molar-refractivity contribution in [2.45, 2.75) is 37.7 Å². The number of aliphatic carboxylic acids is 1. The van der Waals surface area contributed by atoms with Crippen LogP contribution in [-0.2, 0) is 11.2 Å². The van der Waals surface area contributed by atoms with Gasteiger partial charge in [-0.25, -0.2) is 0 Å². The number of aromatic nitrogens is 2. The van der Waals surface area contributed by atoms with Crippen LogP contribution in [0.2, 0.25) is 0 Å². The van der Waals surface area contributed by atoms with Crippen LogP contribution in [0.4, 0.5) is 0 Å². The fourth-order valence-electron chi connectivity index (χ4n) is 2.40. The summed E-state index contributed by atoms with van der Waals surface area (Å²) in [6, 6.07) is 0. The van der Waals surface area contributed by atoms with E-state index in [0.717, 1.165) is 0 Å². The molecule has 1 saturated carbocycles. The Morgan fingerprint density at radius 2 is 2.26 bits per heavy atom. The quantitative estimate of drug-likeness (QED) is 0.633. The second-order valence-electron chi connectivity index (χ2n) is 5.10. The van der Waals surface area contributed by atoms with Gasteiger partial charge in [0.25, 0.3) is 0 Å². The van der Waals surface area contributed by atoms with Crippen LogP contribution in [-0.4, -0.2) is 45.0 Å². The third-order valence-electron chi connectivity index (χ3n) is 3.64. The molecule has 1 aromatic heterocycles. The molecule has 1 aliphatic rings. The summed E-state index contributed by atoms with van der Waals surface area (Å²) in [7, 11) is 0. The molecule has 0 atom stereocenters. The maximum absolute atomic E-state index is 10.8. The summed E-state index contributed by atoms with van der Waals surface area (Å²) in [5.41, 5.74) is -0.791. The maximum Gasteiger partial charge on any atom is 0.306 e. The number of nitrogens with one attached hydrogen (secondary N) is 1. The lowest BCUT2D eigenvalue weighted by Crippen LogP contribution is -2.44. The third kappa shape index (κ3) is 4.00. The first-order chi connectivity index (χ1) is 9.09. The standard InChI is InChI=1S/C12H19N3O4/c16-11(17)9-1-4-12(18,5-2-9)7-13-6-3-10-14-8-15-19-10/h8-9,13,18H,1-7H2,(H,16,17). The fraction of sp³-hybridized carbons (Fsp3) is 0.750. The molecule has 3 N–H and O–H groups in total. The van der Waals surface area contributed by atoms with Crippen LogP contribution in [0, 0.1) is 5.92 Å². The average molecular weight is 269 g/mol. The first-order valence-corrected chi connectivity index (χ1v) is 6.50. The van der Waals surface area contributed by atoms with Crippen molar-refractivity contribution in [3.8, 4) is 0 Å². The van der Waals surface area contributed by atoms with Gasteiger partial charge in [-0.05, 0) is 25.7 Å². The molecule has 1 heterocycles. The predicted molar refractivity (Wildman–Crippen MR) is 65.4 cm³/mol. The summed E-state index contributed by atoms with van der Waals surface area (Å²) in [6.07, 6.45) is 4.10. The van der Waals surface area contributed by atoms with Crippen LogP contribution in [0.25, 0.3) is 0 Å². The number of carbonyl (C=O) groups is 1. The zero-order valence-corrected chi connectivity index (χ0v) is 10.7. The molecule has 1 fully saturated rings. The Labute approximate surface area is 111 Å². The number of carboxylic acids is 1. The van der Waals surface area contributed by atoms with E-state index in [4.69, 9.17) is 9.63 Å². The molecule has 1 aliphatic carbocycles. The molecule has 0 amide bonds. The van der Waals surface area contributed by atoms with Gasteiger partial charge in [0, 0.05) is 19.5 Å². The van der Waals surface area contributed by atoms with E-state index in [1.165, 1.54) is 6.33 Å². The summed E-state index contributed by atoms with van der Waals surface area (Å²) in [5, 5.41) is 25.9. The van der Waals surface area contributed by atoms with Crippen molar-refractivity contribution in [3.05, 3.63) is 12.2 Å². The Hall–Kier alpha value is -1.47. The Morgan fingerprint density at radius 3 is 2.84 bits per heavy atom. The molecular weight excluding hydrogens is 250 g/mol. The smallest absolute Gasteiger partial charge is 0.306 e. The first-order valence-electron chi connectivity index (χ1n) is 6.50. The molecule has 2 rings (SSSR count). The lowest BCUT2D eigenvalue weighted by molar-refractivity contribution is -0.144. The van der Waals surface area contributed by atoms with Crippen LogP contribution in [0.1, 0.15) is 31.6 Å². The van der Waals surface area contributed by atoms with Crippen molar-refractivity contribution in [3.63, 3.8) is 0 Å². The van der Waals surface area contributed by atoms with Gasteiger partial charge in [-0.15, -0.1) is 0 Å². The third-order valence-corrected chi connectivity index (χ3v) is 3.64. The van der Waals surface area contributed by atoms with E-state index in [1.54, 1.807) is 0 Å². The summed E-state index contributed by atoms with van der Waals surface area (Å²) in [5.74, 6) is -0.501. The molecule has 0 aliphatic heterocycles. The van der Waals surface area contributed by atoms with Gasteiger partial charge in [0.15, 0.2) is 6.33 Å². The topological polar surface area (TPSA) is 108 Å². The van der Waals surface area contributed by atoms with Crippen molar-refractivity contribution in [2.75, 3.05) is 13.1 Å². The zero-order chi connectivity index (χ0) is 13.7. The Bertz CT molecular complexity index is 399. The number of hydrogen-bond acceptors (Lipinski definition) is 6. The molecule has 7 heteroatoms. The van der Waals surface area contributed by atoms with Crippen molar-refractivity contribution >= 4 is 5.97 Å². The van der Waals surface area contributed by atoms with Crippen LogP contribution in [0.3, 0.4) is 0 Å². The molecule has 19 heavy (non-hydrogen) atoms. The van der Waals surface area contributed by atoms with E-state index in [1.807, 2.05) is 0 Å². The van der Waals surface area contributed by atoms with Gasteiger partial charge in [0.05, 0.1) is 11.5 Å². The molecule has 0 bridgehead atoms. The SMILES string of the molecule is O=C(O)C1CCC(O)(CNCCc2ncno2)CC1. The lowest BCUT2D eigenvalue weighted by atomic mass is 9.79. The fourth-order valence-corrected chi connectivity index (χ4v) is 2.40. The van der Waals surface area contributed by atoms with E-state index in [9.17, 15) is 9.90 Å². The minimum atomic E-state index is -0.791. The van der Waals surface area contributed by atoms with E-state index >= 15 is 0 Å². The van der Waals surface area contributed by atoms with Crippen LogP contribution in [0.15, 0.2) is 10.9 Å². The Balaban J connectivity index is 1.66. The summed E-state index contributed by atoms with van der Waals surface area (Å²) in [4.78, 5) is 14.7. The average Bonchev–Trinajstić information content (AvgIpc) is 2.88. The number of rotatable bonds is 6. The first kappa shape index (κ1) is 14.0. The Kier molecular flexibility index (Phi) is 4.49. The van der Waals surface area contributed by atoms with Gasteiger partial charge < -0.3 is 20.1 Å². The van der Waals surface area contributed by atoms with Gasteiger partial charge >= 0.3 is 5.97 Å². The Morgan fingerprint density at radius 1 is 1.53 bits per heavy atom. The van der Waals surface area contributed by atoms with Crippen LogP contribution >= 0.6 is 0 Å². The number of carboxylic acid groups (broad SMARTS) is 1. The molecular formula is C12H19N3O4. The predicted octanol–water partition coefficient (Wildman–Crippen LogP) is 0.208. The minimum absolute atomic E-state index is 0.307. The van der Waals surface area contributed by atoms with Crippen LogP contribution in [0.5, 0.6) is 0 Å². The molecule has 7 nitrogen and oxygen atoms in total. The van der Waals surface area contributed by atoms with Crippen molar-refractivity contribution in [2.24, 2.45) is 5.92 Å². The molecule has 0 unspecified atom stereocenters. The van der Waals surface area contributed by atoms with E-state index in [0.29, 0.717) is 51.1 Å². The highest BCUT2D eigenvalue weighted by atomic mass is 16.5. The molecule has 0 spiro atoms. The minimum Gasteiger partial charge on any atom is -0.481 e. The molecule has 1 aromatic rings. The monoisotopic (exact) mass is 269 g/mol. The highest BCUT2D eigenvalue weighted by molar-refractivity contribution is 5.70. The number of hydrogen-bond donors (Lipinski definition) is 3. The highest BCUT2D eigenvalue weighted by Crippen LogP contribution is 2.31. The largest absolute Gasteiger partial charge is 0.481 e. The number of nitrogens with zero attached hydrogens (tertiary/aromatic N) is 2. The van der Waals surface area contributed by atoms with Gasteiger partial charge in [0.1, 0.15) is 0 Å². The van der Waals surface area contributed by atoms with Gasteiger partial charge in [-0.2, -0.15) is 4.98 Å². The van der Waals surface area contributed by atoms with Crippen molar-refractivity contribution < 1.29 is 19.5 Å². The van der Waals surface area contributed by atoms with E-state index in [-0.39, 0.29) is 5.92 Å². The van der Waals surface area contributed by atoms with E-state index in [2.05, 4.69) is 15.5 Å². The second kappa shape index (κ2) is 6.12. The van der Waals surface area contributed by atoms with Gasteiger partial charge in [0.2, 0.25) is 5.89 Å². The maximum atomic E-state index is 10.8. The normalized spacial score (nSPS) is 27.3. The molecule has 0 saturated heterocycles. The highest BCUT2D eigenvalue weighted by Gasteiger charge is 2.35. The molecule has 0 radical (unpaired) electrons. The summed E-state index contributed by atoms with van der Waals surface area (Å²) in [6.45, 7) is 1.11. The summed E-state index contributed by atoms with van der Waals surface area (Å²) >= 11 is 0. The lowest BCUT2D eigenvalue weighted by Gasteiger charge is -2.34. The second-order valence-corrected chi connectivity index (χ2v) is 5.10. The van der Waals surface area contributed by atoms with Crippen LogP contribution < -0.4 is 5.32 Å². The summed E-state index contributed by atoms with van der Waals surface area (Å²) < 4.78 is 4.86. The molecule has 0 aromatic carbocycles. The van der Waals surface area contributed by atoms with Gasteiger partial charge in [-0.3, -0.25) is 4.79 Å². The van der Waals surface area contributed by atoms with Crippen molar-refractivity contribution in [1.29, 1.82) is 0 Å². The van der Waals surface area contributed by atoms with E-state index < -0.39 is 11.6 Å². The molecule has 106 valence electrons. The number of aliphatic hydroxyl groups is 1.